The third-order valence-electron chi connectivity index (χ3n) is 4.14. The maximum atomic E-state index is 4.21. The number of anilines is 1. The number of likely N-dealkylation sites (tertiary alicyclic amines) is 1. The highest BCUT2D eigenvalue weighted by atomic mass is 15.1. The molecule has 21 heavy (non-hydrogen) atoms. The summed E-state index contributed by atoms with van der Waals surface area (Å²) in [6.07, 6.45) is 6.52. The van der Waals surface area contributed by atoms with Crippen molar-refractivity contribution < 1.29 is 0 Å². The summed E-state index contributed by atoms with van der Waals surface area (Å²) in [5, 5.41) is 3.51. The van der Waals surface area contributed by atoms with Crippen LogP contribution < -0.4 is 5.32 Å². The van der Waals surface area contributed by atoms with Gasteiger partial charge >= 0.3 is 0 Å². The van der Waals surface area contributed by atoms with E-state index < -0.39 is 0 Å². The quantitative estimate of drug-likeness (QED) is 0.885. The van der Waals surface area contributed by atoms with Crippen LogP contribution in [0.5, 0.6) is 0 Å². The molecule has 112 valence electrons. The van der Waals surface area contributed by atoms with E-state index in [-0.39, 0.29) is 0 Å². The third-order valence-corrected chi connectivity index (χ3v) is 4.14. The molecule has 0 unspecified atom stereocenters. The Kier molecular flexibility index (Phi) is 4.55. The molecule has 0 saturated carbocycles. The van der Waals surface area contributed by atoms with Gasteiger partial charge in [0.2, 0.25) is 0 Å². The molecule has 0 bridgehead atoms. The highest BCUT2D eigenvalue weighted by Crippen LogP contribution is 2.16. The summed E-state index contributed by atoms with van der Waals surface area (Å²) < 4.78 is 2.17. The molecule has 0 amide bonds. The molecular formula is C17H24N4. The highest BCUT2D eigenvalue weighted by Gasteiger charge is 2.11. The molecule has 1 aromatic heterocycles. The van der Waals surface area contributed by atoms with Crippen LogP contribution in [0.25, 0.3) is 0 Å². The molecule has 1 aliphatic heterocycles. The first kappa shape index (κ1) is 14.1. The Labute approximate surface area is 126 Å². The van der Waals surface area contributed by atoms with Gasteiger partial charge in [0, 0.05) is 25.0 Å². The maximum Gasteiger partial charge on any atom is 0.0948 e. The number of hydrogen-bond donors (Lipinski definition) is 1. The fraction of sp³-hybridized carbons (Fsp3) is 0.471. The minimum absolute atomic E-state index is 0.820. The summed E-state index contributed by atoms with van der Waals surface area (Å²) in [7, 11) is 0. The van der Waals surface area contributed by atoms with E-state index >= 15 is 0 Å². The largest absolute Gasteiger partial charge is 0.379 e. The molecule has 0 aliphatic carbocycles. The van der Waals surface area contributed by atoms with Crippen LogP contribution in [0.2, 0.25) is 0 Å². The Morgan fingerprint density at radius 1 is 1.24 bits per heavy atom. The van der Waals surface area contributed by atoms with Crippen LogP contribution in [0.1, 0.15) is 31.0 Å². The summed E-state index contributed by atoms with van der Waals surface area (Å²) in [4.78, 5) is 6.74. The number of aromatic nitrogens is 2. The predicted octanol–water partition coefficient (Wildman–Crippen LogP) is 3.11. The van der Waals surface area contributed by atoms with E-state index in [9.17, 15) is 0 Å². The van der Waals surface area contributed by atoms with Crippen LogP contribution in [0.15, 0.2) is 36.8 Å². The lowest BCUT2D eigenvalue weighted by Gasteiger charge is -2.15. The van der Waals surface area contributed by atoms with E-state index in [0.717, 1.165) is 19.6 Å². The fourth-order valence-corrected chi connectivity index (χ4v) is 2.95. The molecule has 0 radical (unpaired) electrons. The van der Waals surface area contributed by atoms with Crippen molar-refractivity contribution in [2.24, 2.45) is 0 Å². The first-order chi connectivity index (χ1) is 10.3. The van der Waals surface area contributed by atoms with E-state index in [2.05, 4.69) is 51.0 Å². The number of nitrogens with one attached hydrogen (secondary N) is 1. The zero-order chi connectivity index (χ0) is 14.5. The van der Waals surface area contributed by atoms with Gasteiger partial charge in [-0.3, -0.25) is 4.90 Å². The number of benzene rings is 1. The highest BCUT2D eigenvalue weighted by molar-refractivity contribution is 5.46. The van der Waals surface area contributed by atoms with E-state index in [1.165, 1.54) is 42.9 Å². The molecule has 1 saturated heterocycles. The second kappa shape index (κ2) is 6.76. The molecule has 4 heteroatoms. The van der Waals surface area contributed by atoms with Gasteiger partial charge in [0.25, 0.3) is 0 Å². The van der Waals surface area contributed by atoms with Gasteiger partial charge in [-0.05, 0) is 50.6 Å². The van der Waals surface area contributed by atoms with Crippen molar-refractivity contribution in [3.63, 3.8) is 0 Å². The number of hydrogen-bond acceptors (Lipinski definition) is 3. The van der Waals surface area contributed by atoms with Crippen molar-refractivity contribution in [2.75, 3.05) is 18.4 Å². The second-order valence-corrected chi connectivity index (χ2v) is 5.71. The SMILES string of the molecule is CCn1cncc1CNc1cccc(CN2CCCC2)c1. The normalized spacial score (nSPS) is 15.5. The van der Waals surface area contributed by atoms with Gasteiger partial charge in [0.15, 0.2) is 0 Å². The number of imidazole rings is 1. The first-order valence-electron chi connectivity index (χ1n) is 7.89. The molecule has 2 aromatic rings. The zero-order valence-corrected chi connectivity index (χ0v) is 12.8. The van der Waals surface area contributed by atoms with Crippen LogP contribution in [0.3, 0.4) is 0 Å². The molecule has 1 aromatic carbocycles. The van der Waals surface area contributed by atoms with Crippen LogP contribution >= 0.6 is 0 Å². The summed E-state index contributed by atoms with van der Waals surface area (Å²) in [5.74, 6) is 0. The lowest BCUT2D eigenvalue weighted by molar-refractivity contribution is 0.331. The number of rotatable bonds is 6. The Balaban J connectivity index is 1.60. The van der Waals surface area contributed by atoms with Crippen molar-refractivity contribution in [3.05, 3.63) is 48.0 Å². The van der Waals surface area contributed by atoms with Gasteiger partial charge in [0.05, 0.1) is 18.6 Å². The molecule has 4 nitrogen and oxygen atoms in total. The lowest BCUT2D eigenvalue weighted by Crippen LogP contribution is -2.18. The Morgan fingerprint density at radius 2 is 2.10 bits per heavy atom. The van der Waals surface area contributed by atoms with Crippen LogP contribution in [-0.4, -0.2) is 27.5 Å². The molecular weight excluding hydrogens is 260 g/mol. The standard InChI is InChI=1S/C17H24N4/c1-2-21-14-18-11-17(21)12-19-16-7-5-6-15(10-16)13-20-8-3-4-9-20/h5-7,10-11,14,19H,2-4,8-9,12-13H2,1H3. The summed E-state index contributed by atoms with van der Waals surface area (Å²) in [5.41, 5.74) is 3.81. The van der Waals surface area contributed by atoms with Crippen molar-refractivity contribution in [1.29, 1.82) is 0 Å². The minimum atomic E-state index is 0.820. The first-order valence-corrected chi connectivity index (χ1v) is 7.89. The van der Waals surface area contributed by atoms with Gasteiger partial charge in [-0.1, -0.05) is 12.1 Å². The maximum absolute atomic E-state index is 4.21. The molecule has 3 rings (SSSR count). The Hall–Kier alpha value is -1.81. The lowest BCUT2D eigenvalue weighted by atomic mass is 10.2. The van der Waals surface area contributed by atoms with Gasteiger partial charge in [-0.25, -0.2) is 4.98 Å². The van der Waals surface area contributed by atoms with Gasteiger partial charge in [-0.2, -0.15) is 0 Å². The Morgan fingerprint density at radius 3 is 2.90 bits per heavy atom. The van der Waals surface area contributed by atoms with E-state index in [4.69, 9.17) is 0 Å². The zero-order valence-electron chi connectivity index (χ0n) is 12.8. The molecule has 1 N–H and O–H groups in total. The van der Waals surface area contributed by atoms with E-state index in [0.29, 0.717) is 0 Å². The molecule has 2 heterocycles. The van der Waals surface area contributed by atoms with Gasteiger partial charge in [0.1, 0.15) is 0 Å². The second-order valence-electron chi connectivity index (χ2n) is 5.71. The smallest absolute Gasteiger partial charge is 0.0948 e. The minimum Gasteiger partial charge on any atom is -0.379 e. The topological polar surface area (TPSA) is 33.1 Å². The molecule has 1 fully saturated rings. The van der Waals surface area contributed by atoms with Crippen LogP contribution in [-0.2, 0) is 19.6 Å². The van der Waals surface area contributed by atoms with E-state index in [1.807, 2.05) is 12.5 Å². The molecule has 0 atom stereocenters. The van der Waals surface area contributed by atoms with Crippen LogP contribution in [0.4, 0.5) is 5.69 Å². The average molecular weight is 284 g/mol. The molecule has 0 spiro atoms. The van der Waals surface area contributed by atoms with Gasteiger partial charge in [-0.15, -0.1) is 0 Å². The number of nitrogens with zero attached hydrogens (tertiary/aromatic N) is 3. The Bertz CT molecular complexity index is 570. The van der Waals surface area contributed by atoms with Crippen LogP contribution in [0, 0.1) is 0 Å². The van der Waals surface area contributed by atoms with Crippen molar-refractivity contribution in [3.8, 4) is 0 Å². The third kappa shape index (κ3) is 3.64. The van der Waals surface area contributed by atoms with E-state index in [1.54, 1.807) is 0 Å². The summed E-state index contributed by atoms with van der Waals surface area (Å²) >= 11 is 0. The predicted molar refractivity (Wildman–Crippen MR) is 86.2 cm³/mol. The molecule has 1 aliphatic rings. The average Bonchev–Trinajstić information content (AvgIpc) is 3.16. The summed E-state index contributed by atoms with van der Waals surface area (Å²) in [6, 6.07) is 8.77. The van der Waals surface area contributed by atoms with Crippen molar-refractivity contribution in [1.82, 2.24) is 14.5 Å². The van der Waals surface area contributed by atoms with Crippen molar-refractivity contribution >= 4 is 5.69 Å². The fourth-order valence-electron chi connectivity index (χ4n) is 2.95. The van der Waals surface area contributed by atoms with Gasteiger partial charge < -0.3 is 9.88 Å². The van der Waals surface area contributed by atoms with Crippen molar-refractivity contribution in [2.45, 2.75) is 39.4 Å². The summed E-state index contributed by atoms with van der Waals surface area (Å²) in [6.45, 7) is 7.48. The monoisotopic (exact) mass is 284 g/mol. The number of aryl methyl sites for hydroxylation is 1.